The van der Waals surface area contributed by atoms with Gasteiger partial charge in [-0.1, -0.05) is 6.07 Å². The first-order chi connectivity index (χ1) is 6.09. The quantitative estimate of drug-likeness (QED) is 0.733. The number of carboxylic acid groups (broad SMARTS) is 1. The van der Waals surface area contributed by atoms with Crippen LogP contribution in [0.15, 0.2) is 12.3 Å². The van der Waals surface area contributed by atoms with E-state index in [1.54, 1.807) is 6.20 Å². The minimum Gasteiger partial charge on any atom is -0.480 e. The molecule has 1 aromatic heterocycles. The molecular formula is C9H12N2O2. The van der Waals surface area contributed by atoms with Crippen LogP contribution in [0.4, 0.5) is 5.82 Å². The number of aliphatic carboxylic acids is 1. The van der Waals surface area contributed by atoms with Crippen molar-refractivity contribution in [3.63, 3.8) is 0 Å². The van der Waals surface area contributed by atoms with Crippen molar-refractivity contribution >= 4 is 11.8 Å². The number of nitrogens with one attached hydrogen (secondary N) is 1. The SMILES string of the molecule is Cc1cnc(NCC(=O)O)c(C)c1. The van der Waals surface area contributed by atoms with E-state index in [1.807, 2.05) is 19.9 Å². The number of carbonyl (C=O) groups is 1. The van der Waals surface area contributed by atoms with Crippen molar-refractivity contribution in [3.05, 3.63) is 23.4 Å². The maximum absolute atomic E-state index is 10.3. The summed E-state index contributed by atoms with van der Waals surface area (Å²) in [6.45, 7) is 3.74. The number of pyridine rings is 1. The van der Waals surface area contributed by atoms with Gasteiger partial charge in [-0.05, 0) is 25.0 Å². The van der Waals surface area contributed by atoms with Crippen LogP contribution in [-0.2, 0) is 4.79 Å². The largest absolute Gasteiger partial charge is 0.480 e. The first kappa shape index (κ1) is 9.51. The summed E-state index contributed by atoms with van der Waals surface area (Å²) in [5.41, 5.74) is 2.03. The third-order valence-electron chi connectivity index (χ3n) is 1.62. The zero-order valence-corrected chi connectivity index (χ0v) is 7.66. The molecule has 0 fully saturated rings. The van der Waals surface area contributed by atoms with Gasteiger partial charge >= 0.3 is 5.97 Å². The van der Waals surface area contributed by atoms with Crippen molar-refractivity contribution in [1.82, 2.24) is 4.98 Å². The second-order valence-electron chi connectivity index (χ2n) is 2.93. The molecule has 1 aromatic rings. The van der Waals surface area contributed by atoms with E-state index in [9.17, 15) is 4.79 Å². The number of carboxylic acids is 1. The number of hydrogen-bond acceptors (Lipinski definition) is 3. The molecule has 0 saturated heterocycles. The molecule has 13 heavy (non-hydrogen) atoms. The summed E-state index contributed by atoms with van der Waals surface area (Å²) >= 11 is 0. The van der Waals surface area contributed by atoms with Crippen molar-refractivity contribution in [2.75, 3.05) is 11.9 Å². The van der Waals surface area contributed by atoms with E-state index in [4.69, 9.17) is 5.11 Å². The lowest BCUT2D eigenvalue weighted by Gasteiger charge is -2.06. The Morgan fingerprint density at radius 3 is 2.85 bits per heavy atom. The van der Waals surface area contributed by atoms with Gasteiger partial charge in [-0.25, -0.2) is 4.98 Å². The molecule has 1 rings (SSSR count). The summed E-state index contributed by atoms with van der Waals surface area (Å²) in [5.74, 6) is -0.255. The Morgan fingerprint density at radius 2 is 2.31 bits per heavy atom. The van der Waals surface area contributed by atoms with Crippen LogP contribution in [0.3, 0.4) is 0 Å². The van der Waals surface area contributed by atoms with Crippen molar-refractivity contribution in [2.45, 2.75) is 13.8 Å². The third-order valence-corrected chi connectivity index (χ3v) is 1.62. The molecule has 4 nitrogen and oxygen atoms in total. The van der Waals surface area contributed by atoms with E-state index >= 15 is 0 Å². The lowest BCUT2D eigenvalue weighted by Crippen LogP contribution is -2.14. The maximum atomic E-state index is 10.3. The molecule has 2 N–H and O–H groups in total. The van der Waals surface area contributed by atoms with Gasteiger partial charge in [0, 0.05) is 6.20 Å². The van der Waals surface area contributed by atoms with Gasteiger partial charge in [-0.3, -0.25) is 4.79 Å². The Morgan fingerprint density at radius 1 is 1.62 bits per heavy atom. The predicted molar refractivity (Wildman–Crippen MR) is 49.8 cm³/mol. The second kappa shape index (κ2) is 3.89. The van der Waals surface area contributed by atoms with Crippen LogP contribution in [0.1, 0.15) is 11.1 Å². The van der Waals surface area contributed by atoms with Gasteiger partial charge in [-0.15, -0.1) is 0 Å². The molecule has 0 aliphatic carbocycles. The first-order valence-corrected chi connectivity index (χ1v) is 3.98. The molecule has 0 spiro atoms. The van der Waals surface area contributed by atoms with E-state index in [2.05, 4.69) is 10.3 Å². The van der Waals surface area contributed by atoms with Crippen molar-refractivity contribution in [3.8, 4) is 0 Å². The molecule has 0 saturated carbocycles. The summed E-state index contributed by atoms with van der Waals surface area (Å²) in [6, 6.07) is 1.96. The van der Waals surface area contributed by atoms with E-state index in [0.717, 1.165) is 11.1 Å². The maximum Gasteiger partial charge on any atom is 0.322 e. The van der Waals surface area contributed by atoms with Crippen LogP contribution in [-0.4, -0.2) is 22.6 Å². The Kier molecular flexibility index (Phi) is 2.84. The van der Waals surface area contributed by atoms with Crippen LogP contribution in [0.5, 0.6) is 0 Å². The summed E-state index contributed by atoms with van der Waals surface area (Å²) in [6.07, 6.45) is 1.71. The predicted octanol–water partition coefficient (Wildman–Crippen LogP) is 1.19. The highest BCUT2D eigenvalue weighted by Crippen LogP contribution is 2.11. The van der Waals surface area contributed by atoms with Gasteiger partial charge in [-0.2, -0.15) is 0 Å². The summed E-state index contributed by atoms with van der Waals surface area (Å²) in [4.78, 5) is 14.3. The second-order valence-corrected chi connectivity index (χ2v) is 2.93. The average molecular weight is 180 g/mol. The summed E-state index contributed by atoms with van der Waals surface area (Å²) < 4.78 is 0. The van der Waals surface area contributed by atoms with E-state index in [-0.39, 0.29) is 6.54 Å². The summed E-state index contributed by atoms with van der Waals surface area (Å²) in [7, 11) is 0. The number of aromatic nitrogens is 1. The van der Waals surface area contributed by atoms with Gasteiger partial charge in [0.1, 0.15) is 12.4 Å². The Hall–Kier alpha value is -1.58. The Labute approximate surface area is 76.6 Å². The van der Waals surface area contributed by atoms with Crippen molar-refractivity contribution in [2.24, 2.45) is 0 Å². The molecule has 4 heteroatoms. The number of rotatable bonds is 3. The fraction of sp³-hybridized carbons (Fsp3) is 0.333. The molecule has 0 unspecified atom stereocenters. The average Bonchev–Trinajstić information content (AvgIpc) is 2.02. The molecule has 1 heterocycles. The van der Waals surface area contributed by atoms with Gasteiger partial charge in [0.15, 0.2) is 0 Å². The Balaban J connectivity index is 2.72. The van der Waals surface area contributed by atoms with Crippen LogP contribution >= 0.6 is 0 Å². The number of anilines is 1. The van der Waals surface area contributed by atoms with Crippen LogP contribution in [0.25, 0.3) is 0 Å². The number of hydrogen-bond donors (Lipinski definition) is 2. The highest BCUT2D eigenvalue weighted by atomic mass is 16.4. The number of nitrogens with zero attached hydrogens (tertiary/aromatic N) is 1. The smallest absolute Gasteiger partial charge is 0.322 e. The minimum absolute atomic E-state index is 0.100. The zero-order chi connectivity index (χ0) is 9.84. The summed E-state index contributed by atoms with van der Waals surface area (Å²) in [5, 5.41) is 11.2. The Bertz CT molecular complexity index is 323. The van der Waals surface area contributed by atoms with E-state index in [0.29, 0.717) is 5.82 Å². The third kappa shape index (κ3) is 2.74. The molecule has 0 atom stereocenters. The molecule has 0 aliphatic rings. The standard InChI is InChI=1S/C9H12N2O2/c1-6-3-7(2)9(10-4-6)11-5-8(12)13/h3-4H,5H2,1-2H3,(H,10,11)(H,12,13). The lowest BCUT2D eigenvalue weighted by atomic mass is 10.2. The normalized spacial score (nSPS) is 9.69. The minimum atomic E-state index is -0.887. The van der Waals surface area contributed by atoms with Gasteiger partial charge in [0.05, 0.1) is 0 Å². The highest BCUT2D eigenvalue weighted by Gasteiger charge is 2.01. The van der Waals surface area contributed by atoms with Crippen LogP contribution in [0, 0.1) is 13.8 Å². The van der Waals surface area contributed by atoms with Crippen molar-refractivity contribution in [1.29, 1.82) is 0 Å². The highest BCUT2D eigenvalue weighted by molar-refractivity contribution is 5.72. The monoisotopic (exact) mass is 180 g/mol. The molecule has 0 aromatic carbocycles. The fourth-order valence-electron chi connectivity index (χ4n) is 1.06. The van der Waals surface area contributed by atoms with E-state index < -0.39 is 5.97 Å². The zero-order valence-electron chi connectivity index (χ0n) is 7.66. The lowest BCUT2D eigenvalue weighted by molar-refractivity contribution is -0.134. The topological polar surface area (TPSA) is 62.2 Å². The van der Waals surface area contributed by atoms with Gasteiger partial charge in [0.2, 0.25) is 0 Å². The number of aryl methyl sites for hydroxylation is 2. The molecular weight excluding hydrogens is 168 g/mol. The molecule has 0 aliphatic heterocycles. The fourth-order valence-corrected chi connectivity index (χ4v) is 1.06. The van der Waals surface area contributed by atoms with E-state index in [1.165, 1.54) is 0 Å². The molecule has 0 amide bonds. The van der Waals surface area contributed by atoms with Crippen LogP contribution in [0.2, 0.25) is 0 Å². The molecule has 70 valence electrons. The molecule has 0 bridgehead atoms. The van der Waals surface area contributed by atoms with Crippen molar-refractivity contribution < 1.29 is 9.90 Å². The van der Waals surface area contributed by atoms with Gasteiger partial charge in [0.25, 0.3) is 0 Å². The first-order valence-electron chi connectivity index (χ1n) is 3.98. The van der Waals surface area contributed by atoms with Crippen LogP contribution < -0.4 is 5.32 Å². The van der Waals surface area contributed by atoms with Gasteiger partial charge < -0.3 is 10.4 Å². The molecule has 0 radical (unpaired) electrons.